The topological polar surface area (TPSA) is 12.0 Å². The van der Waals surface area contributed by atoms with Crippen molar-refractivity contribution >= 4 is 15.9 Å². The van der Waals surface area contributed by atoms with Gasteiger partial charge in [-0.3, -0.25) is 0 Å². The van der Waals surface area contributed by atoms with Gasteiger partial charge in [0.2, 0.25) is 0 Å². The normalized spacial score (nSPS) is 18.2. The largest absolute Gasteiger partial charge is 0.313 e. The number of hydrogen-bond acceptors (Lipinski definition) is 1. The van der Waals surface area contributed by atoms with E-state index in [0.29, 0.717) is 12.0 Å². The summed E-state index contributed by atoms with van der Waals surface area (Å²) in [6.45, 7) is 2.19. The second-order valence-electron chi connectivity index (χ2n) is 5.63. The average Bonchev–Trinajstić information content (AvgIpc) is 2.44. The zero-order chi connectivity index (χ0) is 14.1. The van der Waals surface area contributed by atoms with E-state index in [4.69, 9.17) is 0 Å². The summed E-state index contributed by atoms with van der Waals surface area (Å²) in [7, 11) is 2.07. The molecule has 1 N–H and O–H groups in total. The number of rotatable bonds is 4. The van der Waals surface area contributed by atoms with E-state index in [2.05, 4.69) is 77.7 Å². The Morgan fingerprint density at radius 3 is 2.75 bits per heavy atom. The third-order valence-electron chi connectivity index (χ3n) is 4.51. The Labute approximate surface area is 129 Å². The highest BCUT2D eigenvalue weighted by atomic mass is 79.9. The molecule has 104 valence electrons. The standard InChI is InChI=1S/C18H20BrN/c1-12-15(8-5-9-17(12)19)18(20-2)11-14-10-13-6-3-4-7-16(13)14/h3-9,14,18,20H,10-11H2,1-2H3. The van der Waals surface area contributed by atoms with Crippen LogP contribution in [0.3, 0.4) is 0 Å². The van der Waals surface area contributed by atoms with Gasteiger partial charge < -0.3 is 5.32 Å². The summed E-state index contributed by atoms with van der Waals surface area (Å²) in [6, 6.07) is 15.7. The summed E-state index contributed by atoms with van der Waals surface area (Å²) in [6.07, 6.45) is 2.40. The minimum atomic E-state index is 0.422. The van der Waals surface area contributed by atoms with Crippen molar-refractivity contribution < 1.29 is 0 Å². The second-order valence-corrected chi connectivity index (χ2v) is 6.49. The van der Waals surface area contributed by atoms with Crippen LogP contribution >= 0.6 is 15.9 Å². The van der Waals surface area contributed by atoms with Crippen LogP contribution in [-0.2, 0) is 6.42 Å². The van der Waals surface area contributed by atoms with Gasteiger partial charge in [0.05, 0.1) is 0 Å². The Bertz CT molecular complexity index is 621. The Kier molecular flexibility index (Phi) is 3.95. The lowest BCUT2D eigenvalue weighted by Crippen LogP contribution is -2.25. The van der Waals surface area contributed by atoms with E-state index < -0.39 is 0 Å². The van der Waals surface area contributed by atoms with Gasteiger partial charge in [0.15, 0.2) is 0 Å². The molecule has 1 nitrogen and oxygen atoms in total. The molecule has 1 aliphatic carbocycles. The predicted octanol–water partition coefficient (Wildman–Crippen LogP) is 4.75. The van der Waals surface area contributed by atoms with Crippen molar-refractivity contribution in [1.29, 1.82) is 0 Å². The zero-order valence-corrected chi connectivity index (χ0v) is 13.6. The molecule has 2 aromatic carbocycles. The number of nitrogens with one attached hydrogen (secondary N) is 1. The number of fused-ring (bicyclic) bond motifs is 1. The smallest absolute Gasteiger partial charge is 0.0326 e. The molecule has 20 heavy (non-hydrogen) atoms. The van der Waals surface area contributed by atoms with E-state index >= 15 is 0 Å². The summed E-state index contributed by atoms with van der Waals surface area (Å²) < 4.78 is 1.20. The fourth-order valence-electron chi connectivity index (χ4n) is 3.26. The molecule has 2 aromatic rings. The van der Waals surface area contributed by atoms with Crippen molar-refractivity contribution in [1.82, 2.24) is 5.32 Å². The Hall–Kier alpha value is -1.12. The quantitative estimate of drug-likeness (QED) is 0.853. The average molecular weight is 330 g/mol. The van der Waals surface area contributed by atoms with E-state index in [-0.39, 0.29) is 0 Å². The lowest BCUT2D eigenvalue weighted by Gasteiger charge is -2.33. The molecule has 0 amide bonds. The molecule has 2 heteroatoms. The third-order valence-corrected chi connectivity index (χ3v) is 5.37. The molecule has 0 heterocycles. The van der Waals surface area contributed by atoms with E-state index in [1.807, 2.05) is 0 Å². The van der Waals surface area contributed by atoms with Gasteiger partial charge in [-0.1, -0.05) is 52.3 Å². The molecule has 2 unspecified atom stereocenters. The first kappa shape index (κ1) is 13.8. The fraction of sp³-hybridized carbons (Fsp3) is 0.333. The minimum absolute atomic E-state index is 0.422. The fourth-order valence-corrected chi connectivity index (χ4v) is 3.64. The van der Waals surface area contributed by atoms with Crippen molar-refractivity contribution in [2.45, 2.75) is 31.7 Å². The van der Waals surface area contributed by atoms with Gasteiger partial charge in [-0.15, -0.1) is 0 Å². The van der Waals surface area contributed by atoms with Crippen LogP contribution in [0.2, 0.25) is 0 Å². The van der Waals surface area contributed by atoms with Gasteiger partial charge in [-0.2, -0.15) is 0 Å². The highest BCUT2D eigenvalue weighted by Crippen LogP contribution is 2.41. The third kappa shape index (κ3) is 2.43. The van der Waals surface area contributed by atoms with Gasteiger partial charge in [0.25, 0.3) is 0 Å². The zero-order valence-electron chi connectivity index (χ0n) is 12.0. The van der Waals surface area contributed by atoms with Gasteiger partial charge >= 0.3 is 0 Å². The van der Waals surface area contributed by atoms with Crippen LogP contribution in [0.1, 0.15) is 40.6 Å². The Morgan fingerprint density at radius 2 is 2.00 bits per heavy atom. The van der Waals surface area contributed by atoms with Gasteiger partial charge in [0, 0.05) is 10.5 Å². The summed E-state index contributed by atoms with van der Waals surface area (Å²) in [5.41, 5.74) is 5.82. The first-order valence-electron chi connectivity index (χ1n) is 7.20. The molecule has 1 aliphatic rings. The first-order valence-corrected chi connectivity index (χ1v) is 8.00. The van der Waals surface area contributed by atoms with Crippen molar-refractivity contribution in [2.24, 2.45) is 0 Å². The van der Waals surface area contributed by atoms with Crippen molar-refractivity contribution in [2.75, 3.05) is 7.05 Å². The molecule has 0 spiro atoms. The molecule has 0 bridgehead atoms. The van der Waals surface area contributed by atoms with Crippen LogP contribution in [0.15, 0.2) is 46.9 Å². The molecular weight excluding hydrogens is 310 g/mol. The van der Waals surface area contributed by atoms with Crippen LogP contribution in [-0.4, -0.2) is 7.05 Å². The van der Waals surface area contributed by atoms with Crippen LogP contribution in [0.5, 0.6) is 0 Å². The number of hydrogen-bond donors (Lipinski definition) is 1. The van der Waals surface area contributed by atoms with Crippen molar-refractivity contribution in [3.05, 3.63) is 69.2 Å². The van der Waals surface area contributed by atoms with E-state index in [9.17, 15) is 0 Å². The second kappa shape index (κ2) is 5.71. The summed E-state index contributed by atoms with van der Waals surface area (Å²) in [4.78, 5) is 0. The molecule has 0 fully saturated rings. The monoisotopic (exact) mass is 329 g/mol. The van der Waals surface area contributed by atoms with Crippen molar-refractivity contribution in [3.63, 3.8) is 0 Å². The molecule has 3 rings (SSSR count). The molecule has 0 aromatic heterocycles. The SMILES string of the molecule is CNC(CC1Cc2ccccc21)c1cccc(Br)c1C. The lowest BCUT2D eigenvalue weighted by molar-refractivity contribution is 0.451. The lowest BCUT2D eigenvalue weighted by atomic mass is 9.73. The van der Waals surface area contributed by atoms with Gasteiger partial charge in [-0.05, 0) is 61.1 Å². The summed E-state index contributed by atoms with van der Waals surface area (Å²) in [5.74, 6) is 0.696. The minimum Gasteiger partial charge on any atom is -0.313 e. The maximum Gasteiger partial charge on any atom is 0.0326 e. The first-order chi connectivity index (χ1) is 9.70. The molecule has 0 aliphatic heterocycles. The van der Waals surface area contributed by atoms with Gasteiger partial charge in [-0.25, -0.2) is 0 Å². The number of benzene rings is 2. The Morgan fingerprint density at radius 1 is 1.20 bits per heavy atom. The number of halogens is 1. The summed E-state index contributed by atoms with van der Waals surface area (Å²) in [5, 5.41) is 3.50. The van der Waals surface area contributed by atoms with Crippen molar-refractivity contribution in [3.8, 4) is 0 Å². The molecule has 0 saturated heterocycles. The Balaban J connectivity index is 1.81. The van der Waals surface area contributed by atoms with Crippen LogP contribution in [0.25, 0.3) is 0 Å². The maximum atomic E-state index is 3.64. The maximum absolute atomic E-state index is 3.64. The molecule has 0 saturated carbocycles. The van der Waals surface area contributed by atoms with Crippen LogP contribution in [0, 0.1) is 6.92 Å². The van der Waals surface area contributed by atoms with Gasteiger partial charge in [0.1, 0.15) is 0 Å². The highest BCUT2D eigenvalue weighted by Gasteiger charge is 2.28. The van der Waals surface area contributed by atoms with E-state index in [1.54, 1.807) is 5.56 Å². The van der Waals surface area contributed by atoms with E-state index in [1.165, 1.54) is 34.0 Å². The molecular formula is C18H20BrN. The highest BCUT2D eigenvalue weighted by molar-refractivity contribution is 9.10. The molecule has 0 radical (unpaired) electrons. The summed E-state index contributed by atoms with van der Waals surface area (Å²) >= 11 is 3.64. The van der Waals surface area contributed by atoms with Crippen LogP contribution in [0.4, 0.5) is 0 Å². The predicted molar refractivity (Wildman–Crippen MR) is 88.2 cm³/mol. The van der Waals surface area contributed by atoms with E-state index in [0.717, 1.165) is 0 Å². The van der Waals surface area contributed by atoms with Crippen LogP contribution < -0.4 is 5.32 Å². The molecule has 2 atom stereocenters.